The standard InChI is InChI=1S/C8H11NO2S/c1-2-3-4-7(10)11-8-9-5-6-12-8/h5-6H,2-4H2,1H3. The Kier molecular flexibility index (Phi) is 3.73. The van der Waals surface area contributed by atoms with Crippen LogP contribution in [0, 0.1) is 0 Å². The fourth-order valence-corrected chi connectivity index (χ4v) is 1.23. The van der Waals surface area contributed by atoms with Crippen molar-refractivity contribution in [1.29, 1.82) is 0 Å². The number of carbonyl (C=O) groups is 1. The molecule has 1 heterocycles. The summed E-state index contributed by atoms with van der Waals surface area (Å²) in [4.78, 5) is 14.9. The van der Waals surface area contributed by atoms with Crippen LogP contribution in [0.2, 0.25) is 0 Å². The Morgan fingerprint density at radius 3 is 3.17 bits per heavy atom. The predicted octanol–water partition coefficient (Wildman–Crippen LogP) is 2.24. The molecule has 1 aromatic rings. The van der Waals surface area contributed by atoms with Crippen LogP contribution in [0.1, 0.15) is 26.2 Å². The zero-order valence-corrected chi connectivity index (χ0v) is 7.76. The van der Waals surface area contributed by atoms with Gasteiger partial charge < -0.3 is 4.74 Å². The lowest BCUT2D eigenvalue weighted by atomic mass is 10.3. The molecule has 0 atom stereocenters. The molecular formula is C8H11NO2S. The molecule has 0 aliphatic carbocycles. The normalized spacial score (nSPS) is 9.75. The highest BCUT2D eigenvalue weighted by Crippen LogP contribution is 2.14. The van der Waals surface area contributed by atoms with Gasteiger partial charge in [-0.1, -0.05) is 24.7 Å². The van der Waals surface area contributed by atoms with Gasteiger partial charge in [0.2, 0.25) is 0 Å². The summed E-state index contributed by atoms with van der Waals surface area (Å²) in [5.74, 6) is -0.188. The minimum atomic E-state index is -0.188. The molecule has 0 N–H and O–H groups in total. The Hall–Kier alpha value is -0.900. The van der Waals surface area contributed by atoms with Crippen LogP contribution in [0.25, 0.3) is 0 Å². The number of aromatic nitrogens is 1. The van der Waals surface area contributed by atoms with Crippen molar-refractivity contribution in [1.82, 2.24) is 4.98 Å². The van der Waals surface area contributed by atoms with E-state index >= 15 is 0 Å². The number of ether oxygens (including phenoxy) is 1. The van der Waals surface area contributed by atoms with E-state index in [4.69, 9.17) is 4.74 Å². The van der Waals surface area contributed by atoms with E-state index in [1.54, 1.807) is 11.6 Å². The topological polar surface area (TPSA) is 39.2 Å². The van der Waals surface area contributed by atoms with Gasteiger partial charge in [-0.25, -0.2) is 4.98 Å². The van der Waals surface area contributed by atoms with Gasteiger partial charge in [-0.2, -0.15) is 0 Å². The first-order valence-corrected chi connectivity index (χ1v) is 4.81. The minimum absolute atomic E-state index is 0.188. The molecule has 0 aliphatic heterocycles. The van der Waals surface area contributed by atoms with Crippen molar-refractivity contribution in [3.8, 4) is 5.19 Å². The first kappa shape index (κ1) is 9.19. The fraction of sp³-hybridized carbons (Fsp3) is 0.500. The molecule has 0 bridgehead atoms. The molecule has 0 fully saturated rings. The highest BCUT2D eigenvalue weighted by atomic mass is 32.1. The van der Waals surface area contributed by atoms with Gasteiger partial charge in [0.25, 0.3) is 5.19 Å². The van der Waals surface area contributed by atoms with Gasteiger partial charge >= 0.3 is 5.97 Å². The maximum Gasteiger partial charge on any atom is 0.313 e. The summed E-state index contributed by atoms with van der Waals surface area (Å²) >= 11 is 1.33. The largest absolute Gasteiger partial charge is 0.398 e. The first-order chi connectivity index (χ1) is 5.83. The Balaban J connectivity index is 2.27. The van der Waals surface area contributed by atoms with Gasteiger partial charge in [-0.15, -0.1) is 0 Å². The highest BCUT2D eigenvalue weighted by molar-refractivity contribution is 7.11. The van der Waals surface area contributed by atoms with E-state index in [1.165, 1.54) is 11.3 Å². The van der Waals surface area contributed by atoms with Crippen LogP contribution in [0.5, 0.6) is 5.19 Å². The van der Waals surface area contributed by atoms with E-state index in [2.05, 4.69) is 4.98 Å². The number of rotatable bonds is 4. The van der Waals surface area contributed by atoms with Gasteiger partial charge in [0.15, 0.2) is 0 Å². The Morgan fingerprint density at radius 2 is 2.58 bits per heavy atom. The molecule has 1 aromatic heterocycles. The number of unbranched alkanes of at least 4 members (excludes halogenated alkanes) is 1. The Labute approximate surface area is 75.4 Å². The van der Waals surface area contributed by atoms with Crippen LogP contribution in [0.4, 0.5) is 0 Å². The zero-order chi connectivity index (χ0) is 8.81. The molecule has 3 nitrogen and oxygen atoms in total. The molecule has 0 aromatic carbocycles. The van der Waals surface area contributed by atoms with E-state index in [9.17, 15) is 4.79 Å². The molecular weight excluding hydrogens is 174 g/mol. The van der Waals surface area contributed by atoms with Gasteiger partial charge in [0.05, 0.1) is 0 Å². The second-order valence-electron chi connectivity index (χ2n) is 2.38. The molecule has 66 valence electrons. The first-order valence-electron chi connectivity index (χ1n) is 3.93. The van der Waals surface area contributed by atoms with Crippen molar-refractivity contribution in [3.63, 3.8) is 0 Å². The average molecular weight is 185 g/mol. The molecule has 4 heteroatoms. The van der Waals surface area contributed by atoms with Gasteiger partial charge in [0, 0.05) is 18.0 Å². The van der Waals surface area contributed by atoms with Crippen molar-refractivity contribution < 1.29 is 9.53 Å². The molecule has 0 aliphatic rings. The number of thiazole rings is 1. The third-order valence-corrected chi connectivity index (χ3v) is 1.99. The molecule has 0 spiro atoms. The number of hydrogen-bond acceptors (Lipinski definition) is 4. The SMILES string of the molecule is CCCCC(=O)Oc1nccs1. The average Bonchev–Trinajstić information content (AvgIpc) is 2.53. The van der Waals surface area contributed by atoms with Crippen molar-refractivity contribution in [2.75, 3.05) is 0 Å². The van der Waals surface area contributed by atoms with E-state index in [0.29, 0.717) is 11.6 Å². The summed E-state index contributed by atoms with van der Waals surface area (Å²) in [6.07, 6.45) is 3.99. The highest BCUT2D eigenvalue weighted by Gasteiger charge is 2.04. The predicted molar refractivity (Wildman–Crippen MR) is 47.3 cm³/mol. The minimum Gasteiger partial charge on any atom is -0.398 e. The second kappa shape index (κ2) is 4.87. The molecule has 12 heavy (non-hydrogen) atoms. The van der Waals surface area contributed by atoms with Crippen molar-refractivity contribution >= 4 is 17.3 Å². The fourth-order valence-electron chi connectivity index (χ4n) is 0.730. The van der Waals surface area contributed by atoms with Gasteiger partial charge in [-0.05, 0) is 6.42 Å². The van der Waals surface area contributed by atoms with Crippen molar-refractivity contribution in [2.24, 2.45) is 0 Å². The third-order valence-electron chi connectivity index (χ3n) is 1.35. The van der Waals surface area contributed by atoms with Crippen LogP contribution in [-0.4, -0.2) is 11.0 Å². The van der Waals surface area contributed by atoms with Crippen LogP contribution in [0.15, 0.2) is 11.6 Å². The van der Waals surface area contributed by atoms with Gasteiger partial charge in [0.1, 0.15) is 0 Å². The lowest BCUT2D eigenvalue weighted by Gasteiger charge is -1.97. The summed E-state index contributed by atoms with van der Waals surface area (Å²) < 4.78 is 4.92. The second-order valence-corrected chi connectivity index (χ2v) is 3.23. The van der Waals surface area contributed by atoms with E-state index < -0.39 is 0 Å². The monoisotopic (exact) mass is 185 g/mol. The number of nitrogens with zero attached hydrogens (tertiary/aromatic N) is 1. The van der Waals surface area contributed by atoms with Crippen molar-refractivity contribution in [3.05, 3.63) is 11.6 Å². The Morgan fingerprint density at radius 1 is 1.75 bits per heavy atom. The van der Waals surface area contributed by atoms with E-state index in [-0.39, 0.29) is 5.97 Å². The molecule has 0 unspecified atom stereocenters. The molecule has 0 saturated carbocycles. The van der Waals surface area contributed by atoms with E-state index in [0.717, 1.165) is 12.8 Å². The maximum absolute atomic E-state index is 11.0. The summed E-state index contributed by atoms with van der Waals surface area (Å²) in [6.45, 7) is 2.04. The molecule has 1 rings (SSSR count). The Bertz CT molecular complexity index is 233. The molecule has 0 saturated heterocycles. The number of hydrogen-bond donors (Lipinski definition) is 0. The lowest BCUT2D eigenvalue weighted by molar-refractivity contribution is -0.134. The van der Waals surface area contributed by atoms with Crippen LogP contribution < -0.4 is 4.74 Å². The number of esters is 1. The number of carbonyl (C=O) groups excluding carboxylic acids is 1. The smallest absolute Gasteiger partial charge is 0.313 e. The van der Waals surface area contributed by atoms with Crippen molar-refractivity contribution in [2.45, 2.75) is 26.2 Å². The summed E-state index contributed by atoms with van der Waals surface area (Å²) in [5.41, 5.74) is 0. The van der Waals surface area contributed by atoms with Gasteiger partial charge in [-0.3, -0.25) is 4.79 Å². The lowest BCUT2D eigenvalue weighted by Crippen LogP contribution is -2.06. The zero-order valence-electron chi connectivity index (χ0n) is 6.95. The summed E-state index contributed by atoms with van der Waals surface area (Å²) in [5, 5.41) is 2.22. The quantitative estimate of drug-likeness (QED) is 0.675. The summed E-state index contributed by atoms with van der Waals surface area (Å²) in [6, 6.07) is 0. The summed E-state index contributed by atoms with van der Waals surface area (Å²) in [7, 11) is 0. The van der Waals surface area contributed by atoms with Crippen LogP contribution in [-0.2, 0) is 4.79 Å². The van der Waals surface area contributed by atoms with Crippen LogP contribution >= 0.6 is 11.3 Å². The van der Waals surface area contributed by atoms with E-state index in [1.807, 2.05) is 6.92 Å². The molecule has 0 amide bonds. The van der Waals surface area contributed by atoms with Crippen LogP contribution in [0.3, 0.4) is 0 Å². The molecule has 0 radical (unpaired) electrons. The third kappa shape index (κ3) is 3.00. The maximum atomic E-state index is 11.0.